The number of carbonyl (C=O) groups excluding carboxylic acids is 2. The average Bonchev–Trinajstić information content (AvgIpc) is 3.28. The molecule has 0 saturated carbocycles. The summed E-state index contributed by atoms with van der Waals surface area (Å²) < 4.78 is 5.50. The quantitative estimate of drug-likeness (QED) is 0.128. The number of thiophene rings is 1. The summed E-state index contributed by atoms with van der Waals surface area (Å²) in [5, 5.41) is 9.83. The summed E-state index contributed by atoms with van der Waals surface area (Å²) in [6.07, 6.45) is 1.54. The molecule has 1 aromatic heterocycles. The molecule has 188 valence electrons. The SMILES string of the molecule is COc1ccc2ccccc2c1/C=N/NC(=O)c1c(Nc2ccccc2)sc(C(=O)c2ccccc2)c1N. The Morgan fingerprint density at radius 2 is 1.58 bits per heavy atom. The van der Waals surface area contributed by atoms with Crippen molar-refractivity contribution in [2.24, 2.45) is 5.10 Å². The Bertz CT molecular complexity index is 1650. The number of amides is 1. The molecule has 0 atom stereocenters. The minimum absolute atomic E-state index is 0.0951. The number of nitrogens with zero attached hydrogens (tertiary/aromatic N) is 1. The van der Waals surface area contributed by atoms with E-state index in [0.717, 1.165) is 33.4 Å². The van der Waals surface area contributed by atoms with E-state index >= 15 is 0 Å². The van der Waals surface area contributed by atoms with Gasteiger partial charge >= 0.3 is 0 Å². The highest BCUT2D eigenvalue weighted by Gasteiger charge is 2.26. The first-order chi connectivity index (χ1) is 18.6. The molecular weight excluding hydrogens is 496 g/mol. The van der Waals surface area contributed by atoms with Crippen LogP contribution in [0.3, 0.4) is 0 Å². The van der Waals surface area contributed by atoms with Gasteiger partial charge in [0.25, 0.3) is 5.91 Å². The molecule has 8 heteroatoms. The summed E-state index contributed by atoms with van der Waals surface area (Å²) in [6.45, 7) is 0. The Hall–Kier alpha value is -4.95. The Morgan fingerprint density at radius 1 is 0.895 bits per heavy atom. The van der Waals surface area contributed by atoms with E-state index in [4.69, 9.17) is 10.5 Å². The predicted molar refractivity (Wildman–Crippen MR) is 154 cm³/mol. The number of anilines is 3. The lowest BCUT2D eigenvalue weighted by Gasteiger charge is -2.09. The summed E-state index contributed by atoms with van der Waals surface area (Å²) in [5.41, 5.74) is 11.2. The standard InChI is InChI=1S/C30H24N4O3S/c1-37-24-17-16-19-10-8-9-15-22(19)23(24)18-32-34-29(36)25-26(31)28(27(35)20-11-4-2-5-12-20)38-30(25)33-21-13-6-3-7-14-21/h2-18,33H,31H2,1H3,(H,34,36)/b32-18+. The van der Waals surface area contributed by atoms with E-state index in [0.29, 0.717) is 16.3 Å². The summed E-state index contributed by atoms with van der Waals surface area (Å²) in [6, 6.07) is 29.8. The molecule has 4 N–H and O–H groups in total. The third kappa shape index (κ3) is 4.98. The number of carbonyl (C=O) groups is 2. The first-order valence-corrected chi connectivity index (χ1v) is 12.6. The molecule has 1 amide bonds. The average molecular weight is 521 g/mol. The number of hydrazone groups is 1. The molecule has 0 spiro atoms. The zero-order chi connectivity index (χ0) is 26.5. The van der Waals surface area contributed by atoms with Crippen LogP contribution in [-0.2, 0) is 0 Å². The largest absolute Gasteiger partial charge is 0.496 e. The number of methoxy groups -OCH3 is 1. The van der Waals surface area contributed by atoms with Gasteiger partial charge in [0, 0.05) is 16.8 Å². The minimum atomic E-state index is -0.542. The van der Waals surface area contributed by atoms with Crippen molar-refractivity contribution in [3.05, 3.63) is 119 Å². The van der Waals surface area contributed by atoms with Crippen molar-refractivity contribution in [3.8, 4) is 5.75 Å². The monoisotopic (exact) mass is 520 g/mol. The fourth-order valence-corrected chi connectivity index (χ4v) is 5.20. The molecule has 0 fully saturated rings. The molecule has 0 bridgehead atoms. The number of fused-ring (bicyclic) bond motifs is 1. The number of rotatable bonds is 8. The van der Waals surface area contributed by atoms with Gasteiger partial charge in [-0.2, -0.15) is 5.10 Å². The second-order valence-corrected chi connectivity index (χ2v) is 9.36. The van der Waals surface area contributed by atoms with Gasteiger partial charge in [0.2, 0.25) is 5.78 Å². The highest BCUT2D eigenvalue weighted by molar-refractivity contribution is 7.19. The van der Waals surface area contributed by atoms with Crippen LogP contribution in [0.4, 0.5) is 16.4 Å². The van der Waals surface area contributed by atoms with Crippen molar-refractivity contribution >= 4 is 56.4 Å². The van der Waals surface area contributed by atoms with Gasteiger partial charge < -0.3 is 15.8 Å². The fourth-order valence-electron chi connectivity index (χ4n) is 4.10. The highest BCUT2D eigenvalue weighted by atomic mass is 32.1. The van der Waals surface area contributed by atoms with Crippen LogP contribution in [0.1, 0.15) is 31.2 Å². The lowest BCUT2D eigenvalue weighted by atomic mass is 10.0. The smallest absolute Gasteiger partial charge is 0.276 e. The number of benzene rings is 4. The highest BCUT2D eigenvalue weighted by Crippen LogP contribution is 2.39. The molecule has 7 nitrogen and oxygen atoms in total. The summed E-state index contributed by atoms with van der Waals surface area (Å²) in [7, 11) is 1.58. The number of ketones is 1. The van der Waals surface area contributed by atoms with Gasteiger partial charge in [-0.1, -0.05) is 78.9 Å². The molecule has 38 heavy (non-hydrogen) atoms. The Balaban J connectivity index is 1.49. The molecule has 0 aliphatic rings. The number of hydrogen-bond acceptors (Lipinski definition) is 7. The lowest BCUT2D eigenvalue weighted by Crippen LogP contribution is -2.20. The molecule has 5 aromatic rings. The molecule has 0 radical (unpaired) electrons. The van der Waals surface area contributed by atoms with Crippen LogP contribution in [0, 0.1) is 0 Å². The van der Waals surface area contributed by atoms with Crippen LogP contribution < -0.4 is 21.2 Å². The number of hydrogen-bond donors (Lipinski definition) is 3. The van der Waals surface area contributed by atoms with Crippen LogP contribution in [0.25, 0.3) is 10.8 Å². The van der Waals surface area contributed by atoms with E-state index in [1.54, 1.807) is 37.6 Å². The summed E-state index contributed by atoms with van der Waals surface area (Å²) in [4.78, 5) is 26.9. The number of ether oxygens (including phenoxy) is 1. The Labute approximate surface area is 223 Å². The van der Waals surface area contributed by atoms with E-state index < -0.39 is 5.91 Å². The van der Waals surface area contributed by atoms with E-state index in [1.807, 2.05) is 72.8 Å². The van der Waals surface area contributed by atoms with Gasteiger partial charge in [-0.05, 0) is 29.0 Å². The molecule has 0 saturated heterocycles. The van der Waals surface area contributed by atoms with Crippen LogP contribution >= 0.6 is 11.3 Å². The maximum absolute atomic E-state index is 13.4. The van der Waals surface area contributed by atoms with Gasteiger partial charge in [-0.25, -0.2) is 5.43 Å². The van der Waals surface area contributed by atoms with E-state index in [1.165, 1.54) is 0 Å². The van der Waals surface area contributed by atoms with Crippen LogP contribution in [0.15, 0.2) is 102 Å². The molecule has 1 heterocycles. The minimum Gasteiger partial charge on any atom is -0.496 e. The van der Waals surface area contributed by atoms with Gasteiger partial charge in [0.1, 0.15) is 15.6 Å². The lowest BCUT2D eigenvalue weighted by molar-refractivity contribution is 0.0957. The number of nitrogens with two attached hydrogens (primary N) is 1. The molecule has 0 unspecified atom stereocenters. The van der Waals surface area contributed by atoms with E-state index in [-0.39, 0.29) is 21.9 Å². The molecule has 0 aliphatic carbocycles. The zero-order valence-electron chi connectivity index (χ0n) is 20.5. The van der Waals surface area contributed by atoms with E-state index in [2.05, 4.69) is 15.8 Å². The maximum atomic E-state index is 13.4. The summed E-state index contributed by atoms with van der Waals surface area (Å²) in [5.74, 6) is -0.175. The second kappa shape index (κ2) is 11.0. The number of para-hydroxylation sites is 1. The van der Waals surface area contributed by atoms with Crippen molar-refractivity contribution in [2.45, 2.75) is 0 Å². The van der Waals surface area contributed by atoms with Crippen LogP contribution in [-0.4, -0.2) is 25.0 Å². The van der Waals surface area contributed by atoms with Gasteiger partial charge in [-0.15, -0.1) is 11.3 Å². The first-order valence-electron chi connectivity index (χ1n) is 11.8. The second-order valence-electron chi connectivity index (χ2n) is 8.34. The predicted octanol–water partition coefficient (Wildman–Crippen LogP) is 6.23. The van der Waals surface area contributed by atoms with Crippen molar-refractivity contribution in [3.63, 3.8) is 0 Å². The number of nitrogen functional groups attached to an aromatic ring is 1. The van der Waals surface area contributed by atoms with E-state index in [9.17, 15) is 9.59 Å². The van der Waals surface area contributed by atoms with Crippen molar-refractivity contribution in [1.82, 2.24) is 5.43 Å². The fraction of sp³-hybridized carbons (Fsp3) is 0.0333. The third-order valence-electron chi connectivity index (χ3n) is 5.96. The Morgan fingerprint density at radius 3 is 2.32 bits per heavy atom. The Kier molecular flexibility index (Phi) is 7.15. The van der Waals surface area contributed by atoms with Crippen molar-refractivity contribution in [1.29, 1.82) is 0 Å². The molecule has 4 aromatic carbocycles. The maximum Gasteiger partial charge on any atom is 0.276 e. The third-order valence-corrected chi connectivity index (χ3v) is 7.08. The molecular formula is C30H24N4O3S. The topological polar surface area (TPSA) is 106 Å². The van der Waals surface area contributed by atoms with Crippen molar-refractivity contribution in [2.75, 3.05) is 18.2 Å². The van der Waals surface area contributed by atoms with Gasteiger partial charge in [0.05, 0.1) is 24.6 Å². The van der Waals surface area contributed by atoms with Gasteiger partial charge in [-0.3, -0.25) is 9.59 Å². The summed E-state index contributed by atoms with van der Waals surface area (Å²) >= 11 is 1.13. The van der Waals surface area contributed by atoms with Gasteiger partial charge in [0.15, 0.2) is 0 Å². The van der Waals surface area contributed by atoms with Crippen LogP contribution in [0.2, 0.25) is 0 Å². The van der Waals surface area contributed by atoms with Crippen molar-refractivity contribution < 1.29 is 14.3 Å². The molecule has 0 aliphatic heterocycles. The normalized spacial score (nSPS) is 11.0. The molecule has 5 rings (SSSR count). The zero-order valence-corrected chi connectivity index (χ0v) is 21.3. The number of nitrogens with one attached hydrogen (secondary N) is 2. The van der Waals surface area contributed by atoms with Crippen LogP contribution in [0.5, 0.6) is 5.75 Å². The first kappa shape index (κ1) is 24.7.